The molecule has 0 aliphatic rings. The van der Waals surface area contributed by atoms with Crippen molar-refractivity contribution in [1.82, 2.24) is 5.32 Å². The zero-order valence-electron chi connectivity index (χ0n) is 11.8. The van der Waals surface area contributed by atoms with Gasteiger partial charge in [0, 0.05) is 12.5 Å². The molecule has 0 radical (unpaired) electrons. The summed E-state index contributed by atoms with van der Waals surface area (Å²) in [6.07, 6.45) is 2.30. The molecule has 0 saturated heterocycles. The van der Waals surface area contributed by atoms with Gasteiger partial charge in [0.1, 0.15) is 11.5 Å². The highest BCUT2D eigenvalue weighted by molar-refractivity contribution is 5.77. The minimum atomic E-state index is -0.134. The van der Waals surface area contributed by atoms with Crippen LogP contribution in [0.4, 0.5) is 0 Å². The molecule has 0 bridgehead atoms. The molecule has 1 aromatic carbocycles. The first-order chi connectivity index (χ1) is 9.63. The van der Waals surface area contributed by atoms with Gasteiger partial charge >= 0.3 is 0 Å². The van der Waals surface area contributed by atoms with Crippen LogP contribution in [0.15, 0.2) is 47.1 Å². The number of benzene rings is 1. The zero-order valence-corrected chi connectivity index (χ0v) is 11.8. The number of carbonyl (C=O) groups excluding carboxylic acids is 1. The zero-order chi connectivity index (χ0) is 14.4. The van der Waals surface area contributed by atoms with Crippen molar-refractivity contribution in [3.05, 3.63) is 54.0 Å². The third-order valence-corrected chi connectivity index (χ3v) is 2.85. The van der Waals surface area contributed by atoms with Gasteiger partial charge in [-0.15, -0.1) is 0 Å². The molecular weight excluding hydrogens is 254 g/mol. The third-order valence-electron chi connectivity index (χ3n) is 2.85. The van der Waals surface area contributed by atoms with E-state index in [1.54, 1.807) is 6.26 Å². The van der Waals surface area contributed by atoms with Gasteiger partial charge in [-0.1, -0.05) is 12.1 Å². The number of hydrogen-bond acceptors (Lipinski definition) is 3. The van der Waals surface area contributed by atoms with E-state index in [1.165, 1.54) is 0 Å². The largest absolute Gasteiger partial charge is 0.484 e. The first-order valence-corrected chi connectivity index (χ1v) is 6.64. The van der Waals surface area contributed by atoms with Gasteiger partial charge < -0.3 is 14.5 Å². The molecule has 20 heavy (non-hydrogen) atoms. The Morgan fingerprint density at radius 1 is 1.35 bits per heavy atom. The number of rotatable bonds is 6. The average Bonchev–Trinajstić information content (AvgIpc) is 2.89. The molecule has 1 atom stereocenters. The van der Waals surface area contributed by atoms with Crippen molar-refractivity contribution < 1.29 is 13.9 Å². The number of ether oxygens (including phenoxy) is 1. The lowest BCUT2D eigenvalue weighted by Crippen LogP contribution is -2.37. The monoisotopic (exact) mass is 273 g/mol. The lowest BCUT2D eigenvalue weighted by atomic mass is 10.2. The Kier molecular flexibility index (Phi) is 4.82. The quantitative estimate of drug-likeness (QED) is 0.880. The van der Waals surface area contributed by atoms with Crippen molar-refractivity contribution in [3.8, 4) is 5.75 Å². The Balaban J connectivity index is 1.75. The van der Waals surface area contributed by atoms with E-state index >= 15 is 0 Å². The van der Waals surface area contributed by atoms with Gasteiger partial charge in [-0.25, -0.2) is 0 Å². The van der Waals surface area contributed by atoms with Crippen LogP contribution in [0.2, 0.25) is 0 Å². The Labute approximate surface area is 118 Å². The Morgan fingerprint density at radius 2 is 2.20 bits per heavy atom. The van der Waals surface area contributed by atoms with Crippen LogP contribution in [0.3, 0.4) is 0 Å². The summed E-state index contributed by atoms with van der Waals surface area (Å²) < 4.78 is 10.7. The molecule has 2 rings (SSSR count). The first kappa shape index (κ1) is 14.2. The van der Waals surface area contributed by atoms with Crippen molar-refractivity contribution in [2.75, 3.05) is 6.61 Å². The van der Waals surface area contributed by atoms with Crippen LogP contribution >= 0.6 is 0 Å². The highest BCUT2D eigenvalue weighted by atomic mass is 16.5. The van der Waals surface area contributed by atoms with E-state index in [2.05, 4.69) is 5.32 Å². The Hall–Kier alpha value is -2.23. The summed E-state index contributed by atoms with van der Waals surface area (Å²) in [6.45, 7) is 3.94. The number of nitrogens with one attached hydrogen (secondary N) is 1. The predicted molar refractivity (Wildman–Crippen MR) is 76.7 cm³/mol. The van der Waals surface area contributed by atoms with Crippen LogP contribution in [0.25, 0.3) is 0 Å². The van der Waals surface area contributed by atoms with Gasteiger partial charge in [-0.2, -0.15) is 0 Å². The second-order valence-electron chi connectivity index (χ2n) is 4.86. The molecule has 4 heteroatoms. The van der Waals surface area contributed by atoms with Crippen molar-refractivity contribution >= 4 is 5.91 Å². The maximum absolute atomic E-state index is 11.8. The summed E-state index contributed by atoms with van der Waals surface area (Å²) in [6, 6.07) is 11.4. The molecule has 0 fully saturated rings. The minimum Gasteiger partial charge on any atom is -0.484 e. The molecule has 1 N–H and O–H groups in total. The average molecular weight is 273 g/mol. The van der Waals surface area contributed by atoms with Crippen LogP contribution in [-0.2, 0) is 11.2 Å². The van der Waals surface area contributed by atoms with Crippen LogP contribution in [0.1, 0.15) is 18.2 Å². The SMILES string of the molecule is Cc1cccc(OCC(=O)N[C@@H](C)Cc2ccco2)c1. The fourth-order valence-corrected chi connectivity index (χ4v) is 1.95. The highest BCUT2D eigenvalue weighted by Gasteiger charge is 2.10. The second kappa shape index (κ2) is 6.80. The van der Waals surface area contributed by atoms with Crippen molar-refractivity contribution in [1.29, 1.82) is 0 Å². The maximum atomic E-state index is 11.8. The summed E-state index contributed by atoms with van der Waals surface area (Å²) in [7, 11) is 0. The van der Waals surface area contributed by atoms with Crippen molar-refractivity contribution in [2.45, 2.75) is 26.3 Å². The Morgan fingerprint density at radius 3 is 2.90 bits per heavy atom. The molecule has 1 heterocycles. The van der Waals surface area contributed by atoms with E-state index in [9.17, 15) is 4.79 Å². The van der Waals surface area contributed by atoms with Gasteiger partial charge in [-0.3, -0.25) is 4.79 Å². The topological polar surface area (TPSA) is 51.5 Å². The highest BCUT2D eigenvalue weighted by Crippen LogP contribution is 2.12. The van der Waals surface area contributed by atoms with Gasteiger partial charge in [-0.05, 0) is 43.7 Å². The van der Waals surface area contributed by atoms with Crippen LogP contribution in [-0.4, -0.2) is 18.6 Å². The molecule has 1 amide bonds. The number of hydrogen-bond donors (Lipinski definition) is 1. The van der Waals surface area contributed by atoms with Crippen LogP contribution < -0.4 is 10.1 Å². The first-order valence-electron chi connectivity index (χ1n) is 6.64. The normalized spacial score (nSPS) is 11.9. The molecule has 0 aliphatic carbocycles. The fraction of sp³-hybridized carbons (Fsp3) is 0.312. The predicted octanol–water partition coefficient (Wildman–Crippen LogP) is 2.71. The van der Waals surface area contributed by atoms with E-state index in [0.29, 0.717) is 12.2 Å². The molecule has 0 spiro atoms. The van der Waals surface area contributed by atoms with Gasteiger partial charge in [0.05, 0.1) is 6.26 Å². The minimum absolute atomic E-state index is 0.00904. The van der Waals surface area contributed by atoms with E-state index in [0.717, 1.165) is 11.3 Å². The summed E-state index contributed by atoms with van der Waals surface area (Å²) in [5, 5.41) is 2.88. The molecule has 0 unspecified atom stereocenters. The van der Waals surface area contributed by atoms with E-state index in [1.807, 2.05) is 50.2 Å². The third kappa shape index (κ3) is 4.46. The molecule has 106 valence electrons. The summed E-state index contributed by atoms with van der Waals surface area (Å²) in [4.78, 5) is 11.8. The molecule has 0 aliphatic heterocycles. The van der Waals surface area contributed by atoms with Crippen LogP contribution in [0, 0.1) is 6.92 Å². The summed E-state index contributed by atoms with van der Waals surface area (Å²) in [5.74, 6) is 1.43. The fourth-order valence-electron chi connectivity index (χ4n) is 1.95. The summed E-state index contributed by atoms with van der Waals surface area (Å²) >= 11 is 0. The molecule has 4 nitrogen and oxygen atoms in total. The summed E-state index contributed by atoms with van der Waals surface area (Å²) in [5.41, 5.74) is 1.11. The van der Waals surface area contributed by atoms with Crippen LogP contribution in [0.5, 0.6) is 5.75 Å². The van der Waals surface area contributed by atoms with E-state index < -0.39 is 0 Å². The lowest BCUT2D eigenvalue weighted by molar-refractivity contribution is -0.123. The smallest absolute Gasteiger partial charge is 0.258 e. The molecule has 0 saturated carbocycles. The second-order valence-corrected chi connectivity index (χ2v) is 4.86. The number of amides is 1. The number of furan rings is 1. The van der Waals surface area contributed by atoms with Crippen molar-refractivity contribution in [2.24, 2.45) is 0 Å². The van der Waals surface area contributed by atoms with E-state index in [-0.39, 0.29) is 18.6 Å². The Bertz CT molecular complexity index is 549. The number of carbonyl (C=O) groups is 1. The van der Waals surface area contributed by atoms with Gasteiger partial charge in [0.25, 0.3) is 5.91 Å². The van der Waals surface area contributed by atoms with Gasteiger partial charge in [0.2, 0.25) is 0 Å². The maximum Gasteiger partial charge on any atom is 0.258 e. The molecular formula is C16H19NO3. The van der Waals surface area contributed by atoms with E-state index in [4.69, 9.17) is 9.15 Å². The standard InChI is InChI=1S/C16H19NO3/c1-12-5-3-6-14(9-12)20-11-16(18)17-13(2)10-15-7-4-8-19-15/h3-9,13H,10-11H2,1-2H3,(H,17,18)/t13-/m0/s1. The van der Waals surface area contributed by atoms with Crippen molar-refractivity contribution in [3.63, 3.8) is 0 Å². The van der Waals surface area contributed by atoms with Gasteiger partial charge in [0.15, 0.2) is 6.61 Å². The molecule has 2 aromatic rings. The number of aryl methyl sites for hydroxylation is 1. The lowest BCUT2D eigenvalue weighted by Gasteiger charge is -2.13. The molecule has 1 aromatic heterocycles.